The van der Waals surface area contributed by atoms with Crippen LogP contribution in [0, 0.1) is 12.7 Å². The van der Waals surface area contributed by atoms with Crippen LogP contribution in [-0.2, 0) is 10.3 Å². The summed E-state index contributed by atoms with van der Waals surface area (Å²) < 4.78 is 19.3. The van der Waals surface area contributed by atoms with Crippen LogP contribution in [-0.4, -0.2) is 28.6 Å². The third-order valence-electron chi connectivity index (χ3n) is 5.23. The first-order chi connectivity index (χ1) is 13.4. The molecule has 1 amide bonds. The van der Waals surface area contributed by atoms with Crippen LogP contribution in [0.15, 0.2) is 36.9 Å². The van der Waals surface area contributed by atoms with Gasteiger partial charge in [-0.05, 0) is 88.6 Å². The number of benzene rings is 1. The number of ether oxygens (including phenoxy) is 1. The second-order valence-corrected chi connectivity index (χ2v) is 8.50. The number of aryl methyl sites for hydroxylation is 1. The second kappa shape index (κ2) is 8.36. The number of amides is 1. The predicted molar refractivity (Wildman–Crippen MR) is 116 cm³/mol. The first-order valence-electron chi connectivity index (χ1n) is 9.79. The lowest BCUT2D eigenvalue weighted by atomic mass is 9.87. The van der Waals surface area contributed by atoms with E-state index in [0.717, 1.165) is 11.1 Å². The van der Waals surface area contributed by atoms with Crippen LogP contribution in [0.4, 0.5) is 9.18 Å². The predicted octanol–water partition coefficient (Wildman–Crippen LogP) is 6.33. The Hall–Kier alpha value is -2.69. The average Bonchev–Trinajstić information content (AvgIpc) is 2.67. The fraction of sp³-hybridized carbons (Fsp3) is 0.417. The van der Waals surface area contributed by atoms with Crippen molar-refractivity contribution in [3.05, 3.63) is 59.5 Å². The van der Waals surface area contributed by atoms with Crippen LogP contribution in [0.3, 0.4) is 0 Å². The SMILES string of the molecule is C=Cc1cc(C(C)(CC)N(C)C(=O)OC(C)(C)C)cc(-c2ccc(F)c(C)c2)n1. The minimum Gasteiger partial charge on any atom is -0.444 e. The summed E-state index contributed by atoms with van der Waals surface area (Å²) in [5.41, 5.74) is 2.48. The molecule has 0 aliphatic carbocycles. The van der Waals surface area contributed by atoms with Gasteiger partial charge in [-0.2, -0.15) is 0 Å². The Balaban J connectivity index is 2.56. The molecule has 1 unspecified atom stereocenters. The van der Waals surface area contributed by atoms with E-state index >= 15 is 0 Å². The van der Waals surface area contributed by atoms with Crippen molar-refractivity contribution in [1.29, 1.82) is 0 Å². The summed E-state index contributed by atoms with van der Waals surface area (Å²) in [6.45, 7) is 15.1. The van der Waals surface area contributed by atoms with Gasteiger partial charge in [0.25, 0.3) is 0 Å². The summed E-state index contributed by atoms with van der Waals surface area (Å²) in [4.78, 5) is 19.0. The largest absolute Gasteiger partial charge is 0.444 e. The number of carbonyl (C=O) groups excluding carboxylic acids is 1. The Morgan fingerprint density at radius 3 is 2.41 bits per heavy atom. The molecule has 2 rings (SSSR count). The van der Waals surface area contributed by atoms with Gasteiger partial charge in [-0.3, -0.25) is 0 Å². The molecule has 0 spiro atoms. The standard InChI is InChI=1S/C24H31FN2O2/c1-9-19-14-18(15-21(26-19)17-11-12-20(25)16(3)13-17)24(7,10-2)27(8)22(28)29-23(4,5)6/h9,11-15H,1,10H2,2-8H3. The van der Waals surface area contributed by atoms with Crippen molar-refractivity contribution < 1.29 is 13.9 Å². The Morgan fingerprint density at radius 1 is 1.24 bits per heavy atom. The fourth-order valence-electron chi connectivity index (χ4n) is 3.09. The number of aromatic nitrogens is 1. The lowest BCUT2D eigenvalue weighted by Crippen LogP contribution is -2.46. The highest BCUT2D eigenvalue weighted by Gasteiger charge is 2.36. The normalized spacial score (nSPS) is 13.5. The Bertz CT molecular complexity index is 918. The smallest absolute Gasteiger partial charge is 0.410 e. The van der Waals surface area contributed by atoms with Gasteiger partial charge in [-0.1, -0.05) is 13.5 Å². The molecule has 29 heavy (non-hydrogen) atoms. The Morgan fingerprint density at radius 2 is 1.90 bits per heavy atom. The van der Waals surface area contributed by atoms with E-state index in [9.17, 15) is 9.18 Å². The molecule has 0 radical (unpaired) electrons. The zero-order valence-electron chi connectivity index (χ0n) is 18.5. The van der Waals surface area contributed by atoms with Gasteiger partial charge in [0.15, 0.2) is 0 Å². The minimum absolute atomic E-state index is 0.253. The van der Waals surface area contributed by atoms with Crippen LogP contribution in [0.1, 0.15) is 57.9 Å². The molecule has 1 aromatic heterocycles. The van der Waals surface area contributed by atoms with E-state index in [2.05, 4.69) is 11.6 Å². The number of nitrogens with zero attached hydrogens (tertiary/aromatic N) is 2. The molecular weight excluding hydrogens is 367 g/mol. The van der Waals surface area contributed by atoms with Crippen LogP contribution in [0.2, 0.25) is 0 Å². The van der Waals surface area contributed by atoms with Crippen molar-refractivity contribution in [3.8, 4) is 11.3 Å². The van der Waals surface area contributed by atoms with Crippen molar-refractivity contribution >= 4 is 12.2 Å². The third kappa shape index (κ3) is 5.03. The van der Waals surface area contributed by atoms with Crippen molar-refractivity contribution in [1.82, 2.24) is 9.88 Å². The van der Waals surface area contributed by atoms with Crippen molar-refractivity contribution in [3.63, 3.8) is 0 Å². The molecule has 0 aliphatic heterocycles. The summed E-state index contributed by atoms with van der Waals surface area (Å²) in [6.07, 6.45) is 1.95. The maximum Gasteiger partial charge on any atom is 0.410 e. The molecule has 2 aromatic rings. The number of carbonyl (C=O) groups is 1. The number of pyridine rings is 1. The molecule has 0 bridgehead atoms. The molecule has 156 valence electrons. The lowest BCUT2D eigenvalue weighted by Gasteiger charge is -2.39. The van der Waals surface area contributed by atoms with E-state index in [1.807, 2.05) is 46.8 Å². The van der Waals surface area contributed by atoms with Crippen LogP contribution in [0.25, 0.3) is 17.3 Å². The monoisotopic (exact) mass is 398 g/mol. The molecule has 5 heteroatoms. The fourth-order valence-corrected chi connectivity index (χ4v) is 3.09. The van der Waals surface area contributed by atoms with Gasteiger partial charge < -0.3 is 9.64 Å². The van der Waals surface area contributed by atoms with E-state index in [0.29, 0.717) is 23.4 Å². The van der Waals surface area contributed by atoms with Crippen molar-refractivity contribution in [2.45, 2.75) is 59.1 Å². The molecule has 0 saturated heterocycles. The second-order valence-electron chi connectivity index (χ2n) is 8.50. The van der Waals surface area contributed by atoms with Crippen molar-refractivity contribution in [2.75, 3.05) is 7.05 Å². The molecule has 0 aliphatic rings. The highest BCUT2D eigenvalue weighted by molar-refractivity contribution is 5.70. The van der Waals surface area contributed by atoms with Gasteiger partial charge in [-0.25, -0.2) is 14.2 Å². The lowest BCUT2D eigenvalue weighted by molar-refractivity contribution is 0.00630. The van der Waals surface area contributed by atoms with Gasteiger partial charge in [0.05, 0.1) is 16.9 Å². The zero-order chi connectivity index (χ0) is 22.0. The molecule has 1 heterocycles. The first-order valence-corrected chi connectivity index (χ1v) is 9.79. The summed E-state index contributed by atoms with van der Waals surface area (Å²) >= 11 is 0. The molecule has 0 N–H and O–H groups in total. The molecular formula is C24H31FN2O2. The molecule has 1 aromatic carbocycles. The Labute approximate surface area is 173 Å². The molecule has 1 atom stereocenters. The van der Waals surface area contributed by atoms with Crippen molar-refractivity contribution in [2.24, 2.45) is 0 Å². The van der Waals surface area contributed by atoms with E-state index in [4.69, 9.17) is 4.74 Å². The minimum atomic E-state index is -0.618. The molecule has 4 nitrogen and oxygen atoms in total. The quantitative estimate of drug-likeness (QED) is 0.591. The zero-order valence-corrected chi connectivity index (χ0v) is 18.5. The number of hydrogen-bond donors (Lipinski definition) is 0. The van der Waals surface area contributed by atoms with Gasteiger partial charge in [0, 0.05) is 12.6 Å². The molecule has 0 saturated carbocycles. The Kier molecular flexibility index (Phi) is 6.51. The van der Waals surface area contributed by atoms with E-state index in [1.54, 1.807) is 37.1 Å². The maximum absolute atomic E-state index is 13.7. The maximum atomic E-state index is 13.7. The summed E-state index contributed by atoms with van der Waals surface area (Å²) in [6, 6.07) is 8.80. The number of halogens is 1. The third-order valence-corrected chi connectivity index (χ3v) is 5.23. The topological polar surface area (TPSA) is 42.4 Å². The van der Waals surface area contributed by atoms with Gasteiger partial charge in [0.2, 0.25) is 0 Å². The van der Waals surface area contributed by atoms with Gasteiger partial charge in [0.1, 0.15) is 11.4 Å². The highest BCUT2D eigenvalue weighted by atomic mass is 19.1. The first kappa shape index (κ1) is 22.6. The summed E-state index contributed by atoms with van der Waals surface area (Å²) in [5.74, 6) is -0.253. The number of hydrogen-bond acceptors (Lipinski definition) is 3. The number of rotatable bonds is 5. The van der Waals surface area contributed by atoms with Crippen LogP contribution in [0.5, 0.6) is 0 Å². The molecule has 0 fully saturated rings. The van der Waals surface area contributed by atoms with Gasteiger partial charge in [-0.15, -0.1) is 0 Å². The summed E-state index contributed by atoms with van der Waals surface area (Å²) in [7, 11) is 1.74. The summed E-state index contributed by atoms with van der Waals surface area (Å²) in [5, 5.41) is 0. The van der Waals surface area contributed by atoms with Gasteiger partial charge >= 0.3 is 6.09 Å². The van der Waals surface area contributed by atoms with E-state index in [-0.39, 0.29) is 5.82 Å². The van der Waals surface area contributed by atoms with E-state index < -0.39 is 17.2 Å². The van der Waals surface area contributed by atoms with Crippen LogP contribution >= 0.6 is 0 Å². The van der Waals surface area contributed by atoms with Crippen LogP contribution < -0.4 is 0 Å². The highest BCUT2D eigenvalue weighted by Crippen LogP contribution is 2.35. The van der Waals surface area contributed by atoms with E-state index in [1.165, 1.54) is 6.07 Å². The average molecular weight is 399 g/mol.